The number of carbonyl (C=O) groups excluding carboxylic acids is 1. The Hall–Kier alpha value is -1.83. The van der Waals surface area contributed by atoms with Gasteiger partial charge in [0.25, 0.3) is 5.91 Å². The van der Waals surface area contributed by atoms with Gasteiger partial charge in [0.2, 0.25) is 0 Å². The van der Waals surface area contributed by atoms with Gasteiger partial charge in [-0.2, -0.15) is 4.98 Å². The molecule has 0 fully saturated rings. The Bertz CT molecular complexity index is 555. The van der Waals surface area contributed by atoms with E-state index in [1.165, 1.54) is 16.7 Å². The van der Waals surface area contributed by atoms with Gasteiger partial charge in [-0.25, -0.2) is 4.79 Å². The van der Waals surface area contributed by atoms with Crippen molar-refractivity contribution >= 4 is 23.6 Å². The highest BCUT2D eigenvalue weighted by atomic mass is 32.2. The zero-order valence-electron chi connectivity index (χ0n) is 10.9. The van der Waals surface area contributed by atoms with Crippen LogP contribution in [0.1, 0.15) is 23.0 Å². The molecule has 7 nitrogen and oxygen atoms in total. The van der Waals surface area contributed by atoms with E-state index in [0.717, 1.165) is 0 Å². The van der Waals surface area contributed by atoms with Crippen molar-refractivity contribution in [2.24, 2.45) is 0 Å². The molecule has 19 heavy (non-hydrogen) atoms. The normalized spacial score (nSPS) is 10.3. The van der Waals surface area contributed by atoms with Crippen molar-refractivity contribution in [3.05, 3.63) is 21.7 Å². The van der Waals surface area contributed by atoms with Crippen LogP contribution in [-0.2, 0) is 4.79 Å². The first kappa shape index (κ1) is 15.2. The number of hydrogen-bond acceptors (Lipinski definition) is 5. The van der Waals surface area contributed by atoms with Crippen LogP contribution in [0.5, 0.6) is 0 Å². The Morgan fingerprint density at radius 2 is 2.11 bits per heavy atom. The third-order valence-corrected chi connectivity index (χ3v) is 3.17. The fourth-order valence-electron chi connectivity index (χ4n) is 1.61. The number of rotatable bonds is 5. The molecule has 0 atom stereocenters. The average molecular weight is 285 g/mol. The van der Waals surface area contributed by atoms with Gasteiger partial charge < -0.3 is 15.0 Å². The molecule has 0 aliphatic heterocycles. The predicted molar refractivity (Wildman–Crippen MR) is 70.6 cm³/mol. The Morgan fingerprint density at radius 1 is 1.47 bits per heavy atom. The van der Waals surface area contributed by atoms with E-state index in [1.807, 2.05) is 0 Å². The molecule has 1 aromatic rings. The van der Waals surface area contributed by atoms with Crippen LogP contribution in [0, 0.1) is 6.92 Å². The van der Waals surface area contributed by atoms with Gasteiger partial charge in [0.05, 0.1) is 5.56 Å². The average Bonchev–Trinajstić information content (AvgIpc) is 2.33. The third kappa shape index (κ3) is 3.57. The fraction of sp³-hybridized carbons (Fsp3) is 0.455. The van der Waals surface area contributed by atoms with Gasteiger partial charge in [0, 0.05) is 12.2 Å². The van der Waals surface area contributed by atoms with Crippen molar-refractivity contribution in [2.75, 3.05) is 19.3 Å². The second kappa shape index (κ2) is 6.37. The molecule has 0 saturated heterocycles. The lowest BCUT2D eigenvalue weighted by atomic mass is 10.2. The molecule has 2 N–H and O–H groups in total. The monoisotopic (exact) mass is 285 g/mol. The van der Waals surface area contributed by atoms with E-state index in [-0.39, 0.29) is 18.7 Å². The molecule has 0 spiro atoms. The highest BCUT2D eigenvalue weighted by molar-refractivity contribution is 7.98. The summed E-state index contributed by atoms with van der Waals surface area (Å²) in [6.07, 6.45) is 1.70. The van der Waals surface area contributed by atoms with Crippen LogP contribution in [0.3, 0.4) is 0 Å². The number of amides is 1. The molecular formula is C11H15N3O4S. The third-order valence-electron chi connectivity index (χ3n) is 2.49. The summed E-state index contributed by atoms with van der Waals surface area (Å²) in [6, 6.07) is 0. The number of carbonyl (C=O) groups is 2. The Morgan fingerprint density at radius 3 is 2.58 bits per heavy atom. The smallest absolute Gasteiger partial charge is 0.346 e. The van der Waals surface area contributed by atoms with Crippen molar-refractivity contribution < 1.29 is 14.7 Å². The van der Waals surface area contributed by atoms with E-state index in [2.05, 4.69) is 9.97 Å². The first-order valence-corrected chi connectivity index (χ1v) is 6.79. The number of hydrogen-bond donors (Lipinski definition) is 2. The quantitative estimate of drug-likeness (QED) is 0.597. The zero-order chi connectivity index (χ0) is 14.6. The number of H-pyrrole nitrogens is 1. The van der Waals surface area contributed by atoms with Crippen LogP contribution in [0.4, 0.5) is 0 Å². The molecule has 0 saturated carbocycles. The van der Waals surface area contributed by atoms with Crippen molar-refractivity contribution in [1.29, 1.82) is 0 Å². The molecule has 1 amide bonds. The summed E-state index contributed by atoms with van der Waals surface area (Å²) in [5, 5.41) is 9.08. The first-order chi connectivity index (χ1) is 8.90. The van der Waals surface area contributed by atoms with Crippen molar-refractivity contribution in [1.82, 2.24) is 14.9 Å². The lowest BCUT2D eigenvalue weighted by Gasteiger charge is -2.20. The van der Waals surface area contributed by atoms with Gasteiger partial charge in [-0.1, -0.05) is 0 Å². The molecule has 1 aromatic heterocycles. The number of thioether (sulfide) groups is 1. The van der Waals surface area contributed by atoms with Crippen molar-refractivity contribution in [2.45, 2.75) is 18.9 Å². The van der Waals surface area contributed by atoms with Gasteiger partial charge in [-0.15, -0.1) is 11.8 Å². The Labute approximate surface area is 114 Å². The Kier molecular flexibility index (Phi) is 5.11. The van der Waals surface area contributed by atoms with E-state index in [0.29, 0.717) is 10.7 Å². The van der Waals surface area contributed by atoms with Crippen molar-refractivity contribution in [3.8, 4) is 0 Å². The van der Waals surface area contributed by atoms with E-state index in [9.17, 15) is 14.4 Å². The second-order valence-corrected chi connectivity index (χ2v) is 4.56. The van der Waals surface area contributed by atoms with E-state index in [1.54, 1.807) is 20.1 Å². The van der Waals surface area contributed by atoms with E-state index >= 15 is 0 Å². The number of nitrogens with one attached hydrogen (secondary N) is 1. The Balaban J connectivity index is 3.24. The number of carboxylic acid groups (broad SMARTS) is 1. The molecule has 104 valence electrons. The standard InChI is InChI=1S/C11H15N3O4S/c1-4-14(5-7(15)16)10(17)8-6(2)12-11(18)13-9(8)19-3/h4-5H2,1-3H3,(H,15,16)(H,12,13,18). The number of carboxylic acids is 1. The van der Waals surface area contributed by atoms with Gasteiger partial charge in [-0.05, 0) is 20.1 Å². The largest absolute Gasteiger partial charge is 0.480 e. The van der Waals surface area contributed by atoms with Crippen LogP contribution in [0.2, 0.25) is 0 Å². The zero-order valence-corrected chi connectivity index (χ0v) is 11.7. The van der Waals surface area contributed by atoms with Gasteiger partial charge in [0.1, 0.15) is 11.6 Å². The molecule has 0 aliphatic rings. The van der Waals surface area contributed by atoms with Crippen molar-refractivity contribution in [3.63, 3.8) is 0 Å². The minimum absolute atomic E-state index is 0.246. The summed E-state index contributed by atoms with van der Waals surface area (Å²) >= 11 is 1.17. The number of nitrogens with zero attached hydrogens (tertiary/aromatic N) is 2. The number of likely N-dealkylation sites (N-methyl/N-ethyl adjacent to an activating group) is 1. The molecule has 0 aromatic carbocycles. The molecule has 0 bridgehead atoms. The first-order valence-electron chi connectivity index (χ1n) is 5.56. The summed E-state index contributed by atoms with van der Waals surface area (Å²) < 4.78 is 0. The molecule has 0 aliphatic carbocycles. The summed E-state index contributed by atoms with van der Waals surface area (Å²) in [4.78, 5) is 41.7. The van der Waals surface area contributed by atoms with Gasteiger partial charge >= 0.3 is 11.7 Å². The molecule has 0 unspecified atom stereocenters. The van der Waals surface area contributed by atoms with Crippen LogP contribution in [0.25, 0.3) is 0 Å². The summed E-state index contributed by atoms with van der Waals surface area (Å²) in [5.74, 6) is -1.54. The number of aliphatic carboxylic acids is 1. The minimum atomic E-state index is -1.09. The van der Waals surface area contributed by atoms with Gasteiger partial charge in [0.15, 0.2) is 0 Å². The maximum absolute atomic E-state index is 12.3. The molecule has 1 heterocycles. The summed E-state index contributed by atoms with van der Waals surface area (Å²) in [6.45, 7) is 3.15. The molecule has 1 rings (SSSR count). The lowest BCUT2D eigenvalue weighted by Crippen LogP contribution is -2.37. The highest BCUT2D eigenvalue weighted by Crippen LogP contribution is 2.19. The molecule has 8 heteroatoms. The second-order valence-electron chi connectivity index (χ2n) is 3.76. The van der Waals surface area contributed by atoms with Gasteiger partial charge in [-0.3, -0.25) is 9.59 Å². The van der Waals surface area contributed by atoms with E-state index < -0.39 is 17.6 Å². The lowest BCUT2D eigenvalue weighted by molar-refractivity contribution is -0.137. The fourth-order valence-corrected chi connectivity index (χ4v) is 2.23. The topological polar surface area (TPSA) is 103 Å². The number of aromatic amines is 1. The SMILES string of the molecule is CCN(CC(=O)O)C(=O)c1c(SC)nc(=O)[nH]c1C. The predicted octanol–water partition coefficient (Wildman–Crippen LogP) is 0.347. The van der Waals surface area contributed by atoms with Crippen LogP contribution in [0.15, 0.2) is 9.82 Å². The van der Waals surface area contributed by atoms with Crippen LogP contribution in [-0.4, -0.2) is 51.2 Å². The molecular weight excluding hydrogens is 270 g/mol. The van der Waals surface area contributed by atoms with E-state index in [4.69, 9.17) is 5.11 Å². The van der Waals surface area contributed by atoms with Crippen LogP contribution >= 0.6 is 11.8 Å². The summed E-state index contributed by atoms with van der Waals surface area (Å²) in [7, 11) is 0. The van der Waals surface area contributed by atoms with Crippen LogP contribution < -0.4 is 5.69 Å². The molecule has 0 radical (unpaired) electrons. The maximum Gasteiger partial charge on any atom is 0.346 e. The highest BCUT2D eigenvalue weighted by Gasteiger charge is 2.23. The number of aromatic nitrogens is 2. The number of aryl methyl sites for hydroxylation is 1. The summed E-state index contributed by atoms with van der Waals surface area (Å²) in [5.41, 5.74) is 0.105. The minimum Gasteiger partial charge on any atom is -0.480 e. The maximum atomic E-state index is 12.3.